The topological polar surface area (TPSA) is 36.9 Å². The molecule has 0 bridgehead atoms. The number of terminal acetylenes is 2. The molecule has 5 aromatic rings. The van der Waals surface area contributed by atoms with Crippen molar-refractivity contribution in [2.75, 3.05) is 26.4 Å². The van der Waals surface area contributed by atoms with E-state index in [0.717, 1.165) is 50.4 Å². The first kappa shape index (κ1) is 37.7. The zero-order valence-corrected chi connectivity index (χ0v) is 31.2. The Morgan fingerprint density at radius 2 is 1.02 bits per heavy atom. The molecule has 1 aliphatic carbocycles. The molecule has 1 fully saturated rings. The zero-order chi connectivity index (χ0) is 37.8. The molecule has 0 aliphatic heterocycles. The molecule has 1 aliphatic rings. The Kier molecular flexibility index (Phi) is 12.6. The number of para-hydroxylation sites is 2. The van der Waals surface area contributed by atoms with Crippen molar-refractivity contribution >= 4 is 0 Å². The second-order valence-electron chi connectivity index (χ2n) is 13.7. The summed E-state index contributed by atoms with van der Waals surface area (Å²) in [5, 5.41) is 0. The molecule has 5 aromatic carbocycles. The summed E-state index contributed by atoms with van der Waals surface area (Å²) in [6, 6.07) is 38.0. The van der Waals surface area contributed by atoms with Crippen LogP contribution in [0, 0.1) is 24.7 Å². The normalized spacial score (nSPS) is 13.8. The first-order valence-electron chi connectivity index (χ1n) is 18.7. The van der Waals surface area contributed by atoms with Gasteiger partial charge in [0.2, 0.25) is 0 Å². The van der Waals surface area contributed by atoms with Gasteiger partial charge in [-0.2, -0.15) is 0 Å². The molecule has 0 radical (unpaired) electrons. The zero-order valence-electron chi connectivity index (χ0n) is 31.2. The lowest BCUT2D eigenvalue weighted by molar-refractivity contribution is 0.361. The average Bonchev–Trinajstić information content (AvgIpc) is 3.23. The minimum absolute atomic E-state index is 0.138. The lowest BCUT2D eigenvalue weighted by Gasteiger charge is -2.34. The van der Waals surface area contributed by atoms with Crippen molar-refractivity contribution in [3.8, 4) is 69.9 Å². The van der Waals surface area contributed by atoms with Crippen LogP contribution >= 0.6 is 0 Å². The molecule has 4 nitrogen and oxygen atoms in total. The van der Waals surface area contributed by atoms with Gasteiger partial charge in [0.15, 0.2) is 0 Å². The smallest absolute Gasteiger partial charge is 0.148 e. The first-order chi connectivity index (χ1) is 26.5. The molecule has 0 aromatic heterocycles. The molecule has 1 saturated carbocycles. The lowest BCUT2D eigenvalue weighted by Crippen LogP contribution is -2.26. The fourth-order valence-corrected chi connectivity index (χ4v) is 7.55. The van der Waals surface area contributed by atoms with Crippen LogP contribution < -0.4 is 18.9 Å². The predicted octanol–water partition coefficient (Wildman–Crippen LogP) is 11.6. The quantitative estimate of drug-likeness (QED) is 0.0580. The van der Waals surface area contributed by atoms with Gasteiger partial charge in [-0.3, -0.25) is 0 Å². The summed E-state index contributed by atoms with van der Waals surface area (Å²) < 4.78 is 24.7. The van der Waals surface area contributed by atoms with Gasteiger partial charge < -0.3 is 18.9 Å². The minimum atomic E-state index is -0.637. The van der Waals surface area contributed by atoms with E-state index in [2.05, 4.69) is 80.5 Å². The third kappa shape index (κ3) is 8.25. The third-order valence-electron chi connectivity index (χ3n) is 10.4. The van der Waals surface area contributed by atoms with Crippen LogP contribution in [0.1, 0.15) is 67.2 Å². The van der Waals surface area contributed by atoms with Gasteiger partial charge in [-0.05, 0) is 84.3 Å². The van der Waals surface area contributed by atoms with Crippen LogP contribution in [0.25, 0.3) is 22.3 Å². The summed E-state index contributed by atoms with van der Waals surface area (Å²) in [6.07, 6.45) is 21.2. The van der Waals surface area contributed by atoms with E-state index in [-0.39, 0.29) is 13.2 Å². The van der Waals surface area contributed by atoms with Crippen molar-refractivity contribution < 1.29 is 18.9 Å². The van der Waals surface area contributed by atoms with Gasteiger partial charge in [-0.25, -0.2) is 0 Å². The maximum atomic E-state index is 6.27. The van der Waals surface area contributed by atoms with Gasteiger partial charge >= 0.3 is 0 Å². The Labute approximate surface area is 321 Å². The highest BCUT2D eigenvalue weighted by atomic mass is 16.5. The number of hydrogen-bond donors (Lipinski definition) is 0. The molecule has 4 heteroatoms. The highest BCUT2D eigenvalue weighted by molar-refractivity contribution is 5.79. The monoisotopic (exact) mass is 712 g/mol. The molecule has 0 spiro atoms. The molecule has 1 unspecified atom stereocenters. The van der Waals surface area contributed by atoms with Crippen LogP contribution in [-0.2, 0) is 5.41 Å². The highest BCUT2D eigenvalue weighted by Crippen LogP contribution is 2.47. The standard InChI is InChI=1S/C50H48O4/c1-6-31-51-46-21-15-13-19-42(46)44-35-40(27-29-48(44)53-33-8-3)50(5,39-25-23-38(24-26-39)37-17-11-10-12-18-37)41-28-30-49(54-34-9-4)45(36-41)43-20-14-16-22-47(43)52-32-7-2/h1,4,7-8,13-16,19-30,35-37H,2-3,10-12,17-18,31-34H2,5H3. The second-order valence-corrected chi connectivity index (χ2v) is 13.7. The van der Waals surface area contributed by atoms with E-state index in [1.165, 1.54) is 37.7 Å². The van der Waals surface area contributed by atoms with Crippen molar-refractivity contribution in [3.63, 3.8) is 0 Å². The van der Waals surface area contributed by atoms with E-state index in [1.807, 2.05) is 60.7 Å². The van der Waals surface area contributed by atoms with E-state index in [0.29, 0.717) is 30.6 Å². The van der Waals surface area contributed by atoms with Gasteiger partial charge in [0, 0.05) is 27.7 Å². The molecule has 0 heterocycles. The number of rotatable bonds is 16. The molecule has 272 valence electrons. The molecular formula is C50H48O4. The van der Waals surface area contributed by atoms with Crippen LogP contribution in [0.3, 0.4) is 0 Å². The predicted molar refractivity (Wildman–Crippen MR) is 222 cm³/mol. The highest BCUT2D eigenvalue weighted by Gasteiger charge is 2.34. The Balaban J connectivity index is 1.58. The van der Waals surface area contributed by atoms with E-state index in [9.17, 15) is 0 Å². The van der Waals surface area contributed by atoms with Crippen LogP contribution in [0.5, 0.6) is 23.0 Å². The molecule has 54 heavy (non-hydrogen) atoms. The summed E-state index contributed by atoms with van der Waals surface area (Å²) in [4.78, 5) is 0. The largest absolute Gasteiger partial charge is 0.489 e. The third-order valence-corrected chi connectivity index (χ3v) is 10.4. The van der Waals surface area contributed by atoms with Gasteiger partial charge in [0.1, 0.15) is 49.4 Å². The van der Waals surface area contributed by atoms with Crippen LogP contribution in [-0.4, -0.2) is 26.4 Å². The van der Waals surface area contributed by atoms with E-state index in [4.69, 9.17) is 31.8 Å². The van der Waals surface area contributed by atoms with Crippen LogP contribution in [0.15, 0.2) is 135 Å². The maximum Gasteiger partial charge on any atom is 0.148 e. The van der Waals surface area contributed by atoms with E-state index in [1.54, 1.807) is 12.2 Å². The number of hydrogen-bond acceptors (Lipinski definition) is 4. The summed E-state index contributed by atoms with van der Waals surface area (Å²) in [5.74, 6) is 8.63. The van der Waals surface area contributed by atoms with E-state index >= 15 is 0 Å². The molecule has 6 rings (SSSR count). The van der Waals surface area contributed by atoms with Gasteiger partial charge in [-0.1, -0.05) is 129 Å². The Bertz CT molecular complexity index is 2140. The lowest BCUT2D eigenvalue weighted by atomic mass is 9.69. The van der Waals surface area contributed by atoms with Crippen molar-refractivity contribution in [1.82, 2.24) is 0 Å². The first-order valence-corrected chi connectivity index (χ1v) is 18.7. The molecule has 0 amide bonds. The average molecular weight is 713 g/mol. The second kappa shape index (κ2) is 18.1. The molecule has 0 N–H and O–H groups in total. The van der Waals surface area contributed by atoms with E-state index < -0.39 is 5.41 Å². The number of benzene rings is 5. The molecular weight excluding hydrogens is 665 g/mol. The SMILES string of the molecule is C#CCOc1ccccc1-c1cc(C(C)(c2ccc(C3CCCCC3)cc2)c2ccc(OCC#C)c(-c3ccccc3OCC=C)c2)ccc1OCC=C. The van der Waals surface area contributed by atoms with Gasteiger partial charge in [0.05, 0.1) is 0 Å². The fourth-order valence-electron chi connectivity index (χ4n) is 7.55. The van der Waals surface area contributed by atoms with Crippen molar-refractivity contribution in [1.29, 1.82) is 0 Å². The molecule has 1 atom stereocenters. The summed E-state index contributed by atoms with van der Waals surface area (Å²) in [7, 11) is 0. The van der Waals surface area contributed by atoms with Crippen molar-refractivity contribution in [3.05, 3.63) is 157 Å². The van der Waals surface area contributed by atoms with Crippen molar-refractivity contribution in [2.24, 2.45) is 0 Å². The van der Waals surface area contributed by atoms with Crippen LogP contribution in [0.4, 0.5) is 0 Å². The van der Waals surface area contributed by atoms with Gasteiger partial charge in [0.25, 0.3) is 0 Å². The molecule has 0 saturated heterocycles. The van der Waals surface area contributed by atoms with Crippen LogP contribution in [0.2, 0.25) is 0 Å². The Morgan fingerprint density at radius 1 is 0.574 bits per heavy atom. The number of ether oxygens (including phenoxy) is 4. The van der Waals surface area contributed by atoms with Crippen molar-refractivity contribution in [2.45, 2.75) is 50.4 Å². The summed E-state index contributed by atoms with van der Waals surface area (Å²) in [6.45, 7) is 11.0. The fraction of sp³-hybridized carbons (Fsp3) is 0.240. The summed E-state index contributed by atoms with van der Waals surface area (Å²) >= 11 is 0. The summed E-state index contributed by atoms with van der Waals surface area (Å²) in [5.41, 5.74) is 7.62. The maximum absolute atomic E-state index is 6.27. The Morgan fingerprint density at radius 3 is 1.52 bits per heavy atom. The minimum Gasteiger partial charge on any atom is -0.489 e. The Hall–Kier alpha value is -6.10. The van der Waals surface area contributed by atoms with Gasteiger partial charge in [-0.15, -0.1) is 12.8 Å².